The molecule has 0 fully saturated rings. The maximum atomic E-state index is 10.4. The minimum atomic E-state index is -0.0369. The van der Waals surface area contributed by atoms with Crippen molar-refractivity contribution in [3.05, 3.63) is 59.2 Å². The normalized spacial score (nSPS) is 11.7. The number of fused-ring (bicyclic) bond motifs is 1. The van der Waals surface area contributed by atoms with E-state index in [1.54, 1.807) is 24.3 Å². The minimum Gasteiger partial charge on any atom is -0.508 e. The number of aromatic hydroxyl groups is 3. The number of phenolic OH excluding ortho intramolecular Hbond substituents is 3. The van der Waals surface area contributed by atoms with Crippen LogP contribution in [0.4, 0.5) is 0 Å². The zero-order valence-electron chi connectivity index (χ0n) is 15.8. The van der Waals surface area contributed by atoms with E-state index in [1.165, 1.54) is 11.6 Å². The van der Waals surface area contributed by atoms with Gasteiger partial charge in [-0.3, -0.25) is 0 Å². The van der Waals surface area contributed by atoms with Gasteiger partial charge >= 0.3 is 0 Å². The third-order valence-electron chi connectivity index (χ3n) is 4.39. The van der Waals surface area contributed by atoms with Crippen LogP contribution in [0.15, 0.2) is 58.0 Å². The van der Waals surface area contributed by atoms with Crippen LogP contribution >= 0.6 is 0 Å². The van der Waals surface area contributed by atoms with E-state index in [0.717, 1.165) is 23.8 Å². The third-order valence-corrected chi connectivity index (χ3v) is 4.39. The molecule has 140 valence electrons. The summed E-state index contributed by atoms with van der Waals surface area (Å²) in [7, 11) is 0. The van der Waals surface area contributed by atoms with Crippen molar-refractivity contribution in [2.75, 3.05) is 0 Å². The molecule has 3 N–H and O–H groups in total. The number of hydrogen-bond acceptors (Lipinski definition) is 4. The lowest BCUT2D eigenvalue weighted by atomic mass is 9.99. The van der Waals surface area contributed by atoms with Crippen LogP contribution in [-0.4, -0.2) is 15.3 Å². The maximum absolute atomic E-state index is 10.4. The molecule has 0 saturated carbocycles. The molecule has 1 heterocycles. The van der Waals surface area contributed by atoms with Crippen LogP contribution in [0, 0.1) is 0 Å². The van der Waals surface area contributed by atoms with Gasteiger partial charge < -0.3 is 19.7 Å². The summed E-state index contributed by atoms with van der Waals surface area (Å²) < 4.78 is 5.86. The molecule has 1 aromatic heterocycles. The summed E-state index contributed by atoms with van der Waals surface area (Å²) in [5, 5.41) is 30.9. The minimum absolute atomic E-state index is 0.00475. The molecular formula is C23H24O4. The van der Waals surface area contributed by atoms with Crippen molar-refractivity contribution in [3.63, 3.8) is 0 Å². The summed E-state index contributed by atoms with van der Waals surface area (Å²) in [5.41, 5.74) is 4.14. The van der Waals surface area contributed by atoms with E-state index in [2.05, 4.69) is 19.9 Å². The van der Waals surface area contributed by atoms with E-state index in [-0.39, 0.29) is 17.2 Å². The molecule has 0 aliphatic heterocycles. The molecule has 0 bridgehead atoms. The largest absolute Gasteiger partial charge is 0.508 e. The molecular weight excluding hydrogens is 340 g/mol. The topological polar surface area (TPSA) is 73.8 Å². The summed E-state index contributed by atoms with van der Waals surface area (Å²) in [6.07, 6.45) is 5.91. The van der Waals surface area contributed by atoms with Crippen molar-refractivity contribution in [1.82, 2.24) is 0 Å². The lowest BCUT2D eigenvalue weighted by Gasteiger charge is -2.09. The number of hydrogen-bond donors (Lipinski definition) is 3. The van der Waals surface area contributed by atoms with Crippen molar-refractivity contribution < 1.29 is 19.7 Å². The number of rotatable bonds is 5. The molecule has 3 aromatic rings. The van der Waals surface area contributed by atoms with Gasteiger partial charge in [-0.2, -0.15) is 0 Å². The number of benzene rings is 2. The molecule has 4 heteroatoms. The number of allylic oxidation sites excluding steroid dienone is 3. The fourth-order valence-electron chi connectivity index (χ4n) is 3.04. The second-order valence-corrected chi connectivity index (χ2v) is 7.07. The Hall–Kier alpha value is -3.14. The van der Waals surface area contributed by atoms with E-state index in [0.29, 0.717) is 22.5 Å². The fraction of sp³-hybridized carbons (Fsp3) is 0.217. The first-order valence-corrected chi connectivity index (χ1v) is 8.93. The fourth-order valence-corrected chi connectivity index (χ4v) is 3.04. The second kappa shape index (κ2) is 7.62. The highest BCUT2D eigenvalue weighted by Crippen LogP contribution is 2.39. The predicted octanol–water partition coefficient (Wildman–Crippen LogP) is 6.37. The highest BCUT2D eigenvalue weighted by atomic mass is 16.3. The Morgan fingerprint density at radius 2 is 1.74 bits per heavy atom. The third kappa shape index (κ3) is 4.34. The smallest absolute Gasteiger partial charge is 0.138 e. The van der Waals surface area contributed by atoms with Gasteiger partial charge in [-0.1, -0.05) is 23.3 Å². The van der Waals surface area contributed by atoms with E-state index >= 15 is 0 Å². The van der Waals surface area contributed by atoms with E-state index < -0.39 is 0 Å². The van der Waals surface area contributed by atoms with Gasteiger partial charge in [0, 0.05) is 28.6 Å². The molecule has 0 saturated heterocycles. The molecule has 0 radical (unpaired) electrons. The first-order chi connectivity index (χ1) is 12.8. The van der Waals surface area contributed by atoms with Gasteiger partial charge in [0.2, 0.25) is 0 Å². The summed E-state index contributed by atoms with van der Waals surface area (Å²) in [5.74, 6) is 0.600. The monoisotopic (exact) mass is 364 g/mol. The zero-order valence-corrected chi connectivity index (χ0v) is 15.8. The lowest BCUT2D eigenvalue weighted by molar-refractivity contribution is 0.449. The van der Waals surface area contributed by atoms with Crippen molar-refractivity contribution in [3.8, 4) is 28.6 Å². The van der Waals surface area contributed by atoms with Crippen molar-refractivity contribution in [2.45, 2.75) is 33.6 Å². The van der Waals surface area contributed by atoms with E-state index in [9.17, 15) is 15.3 Å². The number of furan rings is 1. The molecule has 0 unspecified atom stereocenters. The molecule has 0 amide bonds. The number of phenols is 3. The molecule has 0 aliphatic carbocycles. The van der Waals surface area contributed by atoms with Crippen LogP contribution in [0.1, 0.15) is 39.2 Å². The van der Waals surface area contributed by atoms with Crippen molar-refractivity contribution in [2.24, 2.45) is 0 Å². The molecule has 0 spiro atoms. The van der Waals surface area contributed by atoms with Crippen LogP contribution < -0.4 is 0 Å². The highest BCUT2D eigenvalue weighted by molar-refractivity contribution is 5.87. The Morgan fingerprint density at radius 3 is 2.48 bits per heavy atom. The molecule has 0 atom stereocenters. The first kappa shape index (κ1) is 18.6. The Balaban J connectivity index is 2.05. The summed E-state index contributed by atoms with van der Waals surface area (Å²) in [6.45, 7) is 6.16. The quantitative estimate of drug-likeness (QED) is 0.460. The van der Waals surface area contributed by atoms with Crippen molar-refractivity contribution in [1.29, 1.82) is 0 Å². The molecule has 3 rings (SSSR count). The van der Waals surface area contributed by atoms with Gasteiger partial charge in [0.25, 0.3) is 0 Å². The Labute approximate surface area is 158 Å². The van der Waals surface area contributed by atoms with Crippen LogP contribution in [0.5, 0.6) is 17.2 Å². The van der Waals surface area contributed by atoms with E-state index in [4.69, 9.17) is 4.42 Å². The summed E-state index contributed by atoms with van der Waals surface area (Å²) in [6, 6.07) is 9.64. The van der Waals surface area contributed by atoms with Gasteiger partial charge in [-0.15, -0.1) is 0 Å². The van der Waals surface area contributed by atoms with Gasteiger partial charge in [-0.25, -0.2) is 0 Å². The van der Waals surface area contributed by atoms with Crippen LogP contribution in [-0.2, 0) is 0 Å². The predicted molar refractivity (Wildman–Crippen MR) is 109 cm³/mol. The van der Waals surface area contributed by atoms with Crippen LogP contribution in [0.3, 0.4) is 0 Å². The second-order valence-electron chi connectivity index (χ2n) is 7.07. The van der Waals surface area contributed by atoms with Crippen LogP contribution in [0.2, 0.25) is 0 Å². The molecule has 0 aliphatic rings. The van der Waals surface area contributed by atoms with Gasteiger partial charge in [0.15, 0.2) is 0 Å². The Bertz CT molecular complexity index is 1030. The standard InChI is InChI=1S/C23H24O4/c1-14(2)5-4-6-15(3)9-19-20(11-18(25)12-21(19)26)23-10-16-7-8-17(24)13-22(16)27-23/h5,7-13,24-26H,4,6H2,1-3H3/b15-9+. The average Bonchev–Trinajstić information content (AvgIpc) is 2.99. The van der Waals surface area contributed by atoms with Crippen molar-refractivity contribution >= 4 is 17.0 Å². The van der Waals surface area contributed by atoms with Gasteiger partial charge in [0.1, 0.15) is 28.6 Å². The van der Waals surface area contributed by atoms with Crippen LogP contribution in [0.25, 0.3) is 28.4 Å². The highest BCUT2D eigenvalue weighted by Gasteiger charge is 2.15. The molecule has 2 aromatic carbocycles. The zero-order chi connectivity index (χ0) is 19.6. The van der Waals surface area contributed by atoms with Gasteiger partial charge in [0.05, 0.1) is 0 Å². The Morgan fingerprint density at radius 1 is 0.963 bits per heavy atom. The molecule has 27 heavy (non-hydrogen) atoms. The van der Waals surface area contributed by atoms with E-state index in [1.807, 2.05) is 19.1 Å². The SMILES string of the molecule is CC(C)=CCC/C(C)=C/c1c(O)cc(O)cc1-c1cc2ccc(O)cc2o1. The maximum Gasteiger partial charge on any atom is 0.138 e. The average molecular weight is 364 g/mol. The first-order valence-electron chi connectivity index (χ1n) is 8.93. The van der Waals surface area contributed by atoms with Gasteiger partial charge in [-0.05, 0) is 57.9 Å². The lowest BCUT2D eigenvalue weighted by Crippen LogP contribution is -1.86. The Kier molecular flexibility index (Phi) is 5.26. The molecule has 4 nitrogen and oxygen atoms in total. The summed E-state index contributed by atoms with van der Waals surface area (Å²) in [4.78, 5) is 0. The summed E-state index contributed by atoms with van der Waals surface area (Å²) >= 11 is 0.